The van der Waals surface area contributed by atoms with Gasteiger partial charge in [-0.1, -0.05) is 23.9 Å². The Morgan fingerprint density at radius 2 is 1.88 bits per heavy atom. The molecule has 1 unspecified atom stereocenters. The van der Waals surface area contributed by atoms with E-state index in [0.29, 0.717) is 24.1 Å². The van der Waals surface area contributed by atoms with E-state index in [2.05, 4.69) is 15.3 Å². The number of hydrogen-bond donors (Lipinski definition) is 1. The zero-order valence-electron chi connectivity index (χ0n) is 14.5. The van der Waals surface area contributed by atoms with Gasteiger partial charge < -0.3 is 14.8 Å². The number of benzene rings is 1. The van der Waals surface area contributed by atoms with Crippen LogP contribution < -0.4 is 14.8 Å². The van der Waals surface area contributed by atoms with Crippen LogP contribution in [0.25, 0.3) is 0 Å². The van der Waals surface area contributed by atoms with Gasteiger partial charge in [0.05, 0.1) is 12.3 Å². The zero-order valence-corrected chi connectivity index (χ0v) is 15.4. The van der Waals surface area contributed by atoms with Crippen LogP contribution in [-0.2, 0) is 4.79 Å². The maximum absolute atomic E-state index is 12.1. The van der Waals surface area contributed by atoms with Crippen LogP contribution in [0, 0.1) is 20.8 Å². The maximum Gasteiger partial charge on any atom is 0.230 e. The van der Waals surface area contributed by atoms with E-state index >= 15 is 0 Å². The third-order valence-corrected chi connectivity index (χ3v) is 4.89. The third-order valence-electron chi connectivity index (χ3n) is 4.04. The summed E-state index contributed by atoms with van der Waals surface area (Å²) in [4.78, 5) is 20.9. The van der Waals surface area contributed by atoms with Gasteiger partial charge in [0.1, 0.15) is 12.7 Å². The minimum absolute atomic E-state index is 0.0769. The van der Waals surface area contributed by atoms with E-state index in [1.807, 2.05) is 45.0 Å². The number of carbonyl (C=O) groups excluding carboxylic acids is 1. The van der Waals surface area contributed by atoms with Gasteiger partial charge in [0.15, 0.2) is 16.7 Å². The van der Waals surface area contributed by atoms with Crippen LogP contribution in [0.3, 0.4) is 0 Å². The molecule has 1 aliphatic heterocycles. The fourth-order valence-electron chi connectivity index (χ4n) is 2.38. The van der Waals surface area contributed by atoms with Crippen LogP contribution in [0.5, 0.6) is 11.5 Å². The van der Waals surface area contributed by atoms with Gasteiger partial charge in [-0.25, -0.2) is 9.97 Å². The molecule has 0 aliphatic carbocycles. The molecule has 3 rings (SSSR count). The van der Waals surface area contributed by atoms with Crippen LogP contribution >= 0.6 is 11.8 Å². The number of para-hydroxylation sites is 2. The molecular formula is C18H21N3O3S. The number of aryl methyl sites for hydroxylation is 2. The molecule has 1 aromatic carbocycles. The van der Waals surface area contributed by atoms with E-state index in [1.165, 1.54) is 11.8 Å². The molecule has 1 N–H and O–H groups in total. The summed E-state index contributed by atoms with van der Waals surface area (Å²) in [7, 11) is 0. The van der Waals surface area contributed by atoms with E-state index in [-0.39, 0.29) is 17.8 Å². The lowest BCUT2D eigenvalue weighted by molar-refractivity contribution is -0.119. The largest absolute Gasteiger partial charge is 0.486 e. The normalized spacial score (nSPS) is 15.7. The Morgan fingerprint density at radius 1 is 1.20 bits per heavy atom. The van der Waals surface area contributed by atoms with Crippen molar-refractivity contribution < 1.29 is 14.3 Å². The van der Waals surface area contributed by atoms with Gasteiger partial charge in [0.25, 0.3) is 0 Å². The first-order valence-corrected chi connectivity index (χ1v) is 9.11. The smallest absolute Gasteiger partial charge is 0.230 e. The molecule has 0 saturated heterocycles. The van der Waals surface area contributed by atoms with E-state index in [4.69, 9.17) is 9.47 Å². The molecule has 2 aromatic rings. The summed E-state index contributed by atoms with van der Waals surface area (Å²) in [6.07, 6.45) is -0.191. The minimum Gasteiger partial charge on any atom is -0.486 e. The number of rotatable bonds is 5. The lowest BCUT2D eigenvalue weighted by Crippen LogP contribution is -2.41. The molecule has 0 fully saturated rings. The molecule has 0 bridgehead atoms. The van der Waals surface area contributed by atoms with Gasteiger partial charge in [-0.15, -0.1) is 0 Å². The van der Waals surface area contributed by atoms with Crippen molar-refractivity contribution in [1.82, 2.24) is 15.3 Å². The molecule has 0 spiro atoms. The molecule has 1 aromatic heterocycles. The lowest BCUT2D eigenvalue weighted by Gasteiger charge is -2.26. The molecule has 0 radical (unpaired) electrons. The molecule has 0 saturated carbocycles. The number of aromatic nitrogens is 2. The SMILES string of the molecule is Cc1nc(SCC(=O)NCC2COc3ccccc3O2)nc(C)c1C. The van der Waals surface area contributed by atoms with Crippen molar-refractivity contribution in [2.45, 2.75) is 32.0 Å². The Labute approximate surface area is 151 Å². The van der Waals surface area contributed by atoms with Crippen molar-refractivity contribution in [3.05, 3.63) is 41.2 Å². The predicted octanol–water partition coefficient (Wildman–Crippen LogP) is 2.45. The van der Waals surface area contributed by atoms with Gasteiger partial charge in [0.2, 0.25) is 5.91 Å². The van der Waals surface area contributed by atoms with Gasteiger partial charge >= 0.3 is 0 Å². The Bertz CT molecular complexity index is 759. The van der Waals surface area contributed by atoms with Crippen LogP contribution in [0.2, 0.25) is 0 Å². The number of nitrogens with one attached hydrogen (secondary N) is 1. The first kappa shape index (κ1) is 17.5. The maximum atomic E-state index is 12.1. The zero-order chi connectivity index (χ0) is 17.8. The number of amides is 1. The summed E-state index contributed by atoms with van der Waals surface area (Å²) in [5.41, 5.74) is 2.98. The molecule has 6 nitrogen and oxygen atoms in total. The molecule has 1 aliphatic rings. The second-order valence-electron chi connectivity index (χ2n) is 5.89. The highest BCUT2D eigenvalue weighted by Gasteiger charge is 2.21. The Hall–Kier alpha value is -2.28. The topological polar surface area (TPSA) is 73.3 Å². The molecule has 1 atom stereocenters. The molecule has 1 amide bonds. The van der Waals surface area contributed by atoms with E-state index < -0.39 is 0 Å². The van der Waals surface area contributed by atoms with Crippen molar-refractivity contribution in [1.29, 1.82) is 0 Å². The van der Waals surface area contributed by atoms with Crippen molar-refractivity contribution in [3.63, 3.8) is 0 Å². The molecule has 25 heavy (non-hydrogen) atoms. The predicted molar refractivity (Wildman–Crippen MR) is 96.3 cm³/mol. The molecule has 2 heterocycles. The monoisotopic (exact) mass is 359 g/mol. The van der Waals surface area contributed by atoms with Crippen LogP contribution in [-0.4, -0.2) is 40.9 Å². The van der Waals surface area contributed by atoms with Gasteiger partial charge in [-0.05, 0) is 38.5 Å². The quantitative estimate of drug-likeness (QED) is 0.653. The number of thioether (sulfide) groups is 1. The van der Waals surface area contributed by atoms with Gasteiger partial charge in [-0.3, -0.25) is 4.79 Å². The van der Waals surface area contributed by atoms with E-state index in [9.17, 15) is 4.79 Å². The fourth-order valence-corrected chi connectivity index (χ4v) is 3.14. The van der Waals surface area contributed by atoms with Crippen LogP contribution in [0.15, 0.2) is 29.4 Å². The Kier molecular flexibility index (Phi) is 5.43. The van der Waals surface area contributed by atoms with E-state index in [0.717, 1.165) is 22.7 Å². The van der Waals surface area contributed by atoms with Crippen LogP contribution in [0.4, 0.5) is 0 Å². The number of fused-ring (bicyclic) bond motifs is 1. The first-order valence-electron chi connectivity index (χ1n) is 8.12. The third kappa shape index (κ3) is 4.42. The molecule has 7 heteroatoms. The summed E-state index contributed by atoms with van der Waals surface area (Å²) >= 11 is 1.33. The van der Waals surface area contributed by atoms with E-state index in [1.54, 1.807) is 0 Å². The highest BCUT2D eigenvalue weighted by Crippen LogP contribution is 2.30. The van der Waals surface area contributed by atoms with Gasteiger partial charge in [-0.2, -0.15) is 0 Å². The average molecular weight is 359 g/mol. The highest BCUT2D eigenvalue weighted by atomic mass is 32.2. The lowest BCUT2D eigenvalue weighted by atomic mass is 10.2. The van der Waals surface area contributed by atoms with Crippen molar-refractivity contribution in [2.24, 2.45) is 0 Å². The number of ether oxygens (including phenoxy) is 2. The number of nitrogens with zero attached hydrogens (tertiary/aromatic N) is 2. The standard InChI is InChI=1S/C18H21N3O3S/c1-11-12(2)20-18(21-13(11)3)25-10-17(22)19-8-14-9-23-15-6-4-5-7-16(15)24-14/h4-7,14H,8-10H2,1-3H3,(H,19,22). The summed E-state index contributed by atoms with van der Waals surface area (Å²) in [5, 5.41) is 3.50. The Balaban J connectivity index is 1.46. The second kappa shape index (κ2) is 7.74. The summed E-state index contributed by atoms with van der Waals surface area (Å²) < 4.78 is 11.5. The molecular weight excluding hydrogens is 338 g/mol. The van der Waals surface area contributed by atoms with Crippen molar-refractivity contribution >= 4 is 17.7 Å². The summed E-state index contributed by atoms with van der Waals surface area (Å²) in [6, 6.07) is 7.52. The Morgan fingerprint density at radius 3 is 2.60 bits per heavy atom. The first-order chi connectivity index (χ1) is 12.0. The summed E-state index contributed by atoms with van der Waals surface area (Å²) in [6.45, 7) is 6.72. The molecule has 132 valence electrons. The fraction of sp³-hybridized carbons (Fsp3) is 0.389. The highest BCUT2D eigenvalue weighted by molar-refractivity contribution is 7.99. The van der Waals surface area contributed by atoms with Crippen LogP contribution in [0.1, 0.15) is 17.0 Å². The van der Waals surface area contributed by atoms with Crippen molar-refractivity contribution in [2.75, 3.05) is 18.9 Å². The average Bonchev–Trinajstić information content (AvgIpc) is 2.62. The van der Waals surface area contributed by atoms with Crippen molar-refractivity contribution in [3.8, 4) is 11.5 Å². The second-order valence-corrected chi connectivity index (χ2v) is 6.83. The minimum atomic E-state index is -0.191. The number of hydrogen-bond acceptors (Lipinski definition) is 6. The number of carbonyl (C=O) groups is 1. The van der Waals surface area contributed by atoms with Gasteiger partial charge in [0, 0.05) is 11.4 Å². The summed E-state index contributed by atoms with van der Waals surface area (Å²) in [5.74, 6) is 1.64.